The van der Waals surface area contributed by atoms with Crippen LogP contribution in [0.3, 0.4) is 0 Å². The Morgan fingerprint density at radius 1 is 0.469 bits per heavy atom. The van der Waals surface area contributed by atoms with Gasteiger partial charge in [-0.1, -0.05) is 155 Å². The van der Waals surface area contributed by atoms with E-state index < -0.39 is 0 Å². The van der Waals surface area contributed by atoms with Crippen LogP contribution in [-0.2, 0) is 16.2 Å². The van der Waals surface area contributed by atoms with Gasteiger partial charge in [0.15, 0.2) is 0 Å². The van der Waals surface area contributed by atoms with E-state index in [1.54, 1.807) is 0 Å². The van der Waals surface area contributed by atoms with E-state index in [1.165, 1.54) is 50.2 Å². The van der Waals surface area contributed by atoms with Crippen molar-refractivity contribution in [3.63, 3.8) is 0 Å². The molecule has 0 atom stereocenters. The molecule has 0 saturated carbocycles. The summed E-state index contributed by atoms with van der Waals surface area (Å²) in [4.78, 5) is 9.89. The molecule has 3 heterocycles. The molecule has 0 bridgehead atoms. The van der Waals surface area contributed by atoms with E-state index in [1.807, 2.05) is 6.20 Å². The molecule has 1 aliphatic rings. The molecule has 0 spiro atoms. The molecule has 8 aromatic rings. The lowest BCUT2D eigenvalue weighted by Crippen LogP contribution is -2.31. The van der Waals surface area contributed by atoms with Crippen molar-refractivity contribution < 1.29 is 4.74 Å². The van der Waals surface area contributed by atoms with Gasteiger partial charge in [0.2, 0.25) is 0 Å². The van der Waals surface area contributed by atoms with Crippen molar-refractivity contribution in [2.75, 3.05) is 16.5 Å². The molecule has 0 fully saturated rings. The van der Waals surface area contributed by atoms with Crippen LogP contribution in [0, 0.1) is 5.41 Å². The Morgan fingerprint density at radius 3 is 1.81 bits per heavy atom. The summed E-state index contributed by atoms with van der Waals surface area (Å²) < 4.78 is 9.12. The molecule has 324 valence electrons. The summed E-state index contributed by atoms with van der Waals surface area (Å²) in [5.74, 6) is 2.42. The van der Waals surface area contributed by atoms with E-state index in [-0.39, 0.29) is 21.7 Å². The van der Waals surface area contributed by atoms with Crippen LogP contribution in [0.2, 0.25) is 0 Å². The summed E-state index contributed by atoms with van der Waals surface area (Å²) in [6.45, 7) is 26.0. The molecule has 0 amide bonds. The number of rotatable bonds is 8. The van der Waals surface area contributed by atoms with Gasteiger partial charge in [-0.05, 0) is 105 Å². The lowest BCUT2D eigenvalue weighted by Gasteiger charge is -2.33. The van der Waals surface area contributed by atoms with Crippen molar-refractivity contribution in [1.29, 1.82) is 0 Å². The second-order valence-electron chi connectivity index (χ2n) is 21.2. The number of fused-ring (bicyclic) bond motifs is 3. The van der Waals surface area contributed by atoms with Gasteiger partial charge in [-0.25, -0.2) is 4.98 Å². The molecule has 9 rings (SSSR count). The highest BCUT2D eigenvalue weighted by atomic mass is 16.5. The van der Waals surface area contributed by atoms with Crippen molar-refractivity contribution in [1.82, 2.24) is 9.55 Å². The number of ether oxygens (including phenoxy) is 1. The lowest BCUT2D eigenvalue weighted by molar-refractivity contribution is 0.483. The van der Waals surface area contributed by atoms with Crippen LogP contribution < -0.4 is 14.5 Å². The Labute approximate surface area is 380 Å². The predicted octanol–water partition coefficient (Wildman–Crippen LogP) is 15.7. The van der Waals surface area contributed by atoms with Crippen molar-refractivity contribution in [2.24, 2.45) is 5.41 Å². The zero-order valence-corrected chi connectivity index (χ0v) is 39.5. The van der Waals surface area contributed by atoms with E-state index in [2.05, 4.69) is 248 Å². The van der Waals surface area contributed by atoms with Crippen LogP contribution in [0.4, 0.5) is 11.4 Å². The second-order valence-corrected chi connectivity index (χ2v) is 21.2. The fourth-order valence-electron chi connectivity index (χ4n) is 9.03. The van der Waals surface area contributed by atoms with Gasteiger partial charge in [0.25, 0.3) is 0 Å². The summed E-state index contributed by atoms with van der Waals surface area (Å²) >= 11 is 0. The zero-order chi connectivity index (χ0) is 45.2. The summed E-state index contributed by atoms with van der Waals surface area (Å²) in [5, 5.41) is 2.31. The van der Waals surface area contributed by atoms with Crippen LogP contribution in [-0.4, -0.2) is 16.2 Å². The molecule has 0 aliphatic carbocycles. The average Bonchev–Trinajstić information content (AvgIpc) is 3.87. The molecule has 0 saturated heterocycles. The maximum atomic E-state index is 6.82. The molecule has 0 unspecified atom stereocenters. The van der Waals surface area contributed by atoms with Crippen LogP contribution in [0.5, 0.6) is 11.5 Å². The molecule has 2 aromatic heterocycles. The van der Waals surface area contributed by atoms with Gasteiger partial charge in [-0.2, -0.15) is 0 Å². The first-order valence-corrected chi connectivity index (χ1v) is 22.7. The summed E-state index contributed by atoms with van der Waals surface area (Å²) in [5.41, 5.74) is 13.0. The number of pyridine rings is 1. The minimum Gasteiger partial charge on any atom is -0.457 e. The maximum absolute atomic E-state index is 6.82. The maximum Gasteiger partial charge on any atom is 0.137 e. The first-order valence-electron chi connectivity index (χ1n) is 22.7. The molecule has 64 heavy (non-hydrogen) atoms. The number of hydrogen-bond donors (Lipinski definition) is 0. The van der Waals surface area contributed by atoms with E-state index in [9.17, 15) is 0 Å². The van der Waals surface area contributed by atoms with Crippen molar-refractivity contribution in [3.8, 4) is 28.4 Å². The van der Waals surface area contributed by atoms with Crippen molar-refractivity contribution in [2.45, 2.75) is 92.4 Å². The number of nitrogens with zero attached hydrogens (tertiary/aromatic N) is 4. The third kappa shape index (κ3) is 8.20. The molecular weight excluding hydrogens is 781 g/mol. The minimum atomic E-state index is -0.224. The number of anilines is 2. The number of allylic oxidation sites excluding steroid dienone is 1. The third-order valence-corrected chi connectivity index (χ3v) is 13.0. The van der Waals surface area contributed by atoms with Gasteiger partial charge >= 0.3 is 0 Å². The first kappa shape index (κ1) is 42.7. The number of aromatic nitrogens is 2. The van der Waals surface area contributed by atoms with Gasteiger partial charge in [-0.3, -0.25) is 4.57 Å². The highest BCUT2D eigenvalue weighted by Crippen LogP contribution is 2.43. The van der Waals surface area contributed by atoms with Gasteiger partial charge in [0.1, 0.15) is 17.3 Å². The summed E-state index contributed by atoms with van der Waals surface area (Å²) in [6.07, 6.45) is 4.27. The Hall–Kier alpha value is -6.59. The zero-order valence-electron chi connectivity index (χ0n) is 39.5. The predicted molar refractivity (Wildman–Crippen MR) is 270 cm³/mol. The molecule has 0 N–H and O–H groups in total. The van der Waals surface area contributed by atoms with Crippen LogP contribution >= 0.6 is 0 Å². The molecule has 6 aromatic carbocycles. The molecule has 1 aliphatic heterocycles. The lowest BCUT2D eigenvalue weighted by atomic mass is 9.78. The first-order chi connectivity index (χ1) is 30.3. The normalized spacial score (nSPS) is 13.8. The molecule has 5 nitrogen and oxygen atoms in total. The SMILES string of the molecule is CC(C)(C)C1=CN(c2cccc(Oc3ccc4c5cc(-c6ccccc6)ccc5n(-c5cc(C(C)(C)c6ccccc6)ccn5)c4c3)c2)CN1c1cc(C(C)(C)C)cc(C(C)(C)C)c1. The third-order valence-electron chi connectivity index (χ3n) is 13.0. The highest BCUT2D eigenvalue weighted by Gasteiger charge is 2.33. The number of hydrogen-bond acceptors (Lipinski definition) is 4. The smallest absolute Gasteiger partial charge is 0.137 e. The van der Waals surface area contributed by atoms with Crippen LogP contribution in [0.25, 0.3) is 38.8 Å². The number of benzene rings is 6. The monoisotopic (exact) mass is 842 g/mol. The largest absolute Gasteiger partial charge is 0.457 e. The van der Waals surface area contributed by atoms with E-state index in [0.29, 0.717) is 6.67 Å². The van der Waals surface area contributed by atoms with Gasteiger partial charge in [0.05, 0.1) is 17.7 Å². The van der Waals surface area contributed by atoms with Crippen LogP contribution in [0.15, 0.2) is 170 Å². The average molecular weight is 843 g/mol. The second kappa shape index (κ2) is 15.9. The highest BCUT2D eigenvalue weighted by molar-refractivity contribution is 6.10. The Bertz CT molecular complexity index is 2990. The van der Waals surface area contributed by atoms with E-state index in [4.69, 9.17) is 9.72 Å². The van der Waals surface area contributed by atoms with Crippen LogP contribution in [0.1, 0.15) is 98.4 Å². The summed E-state index contributed by atoms with van der Waals surface area (Å²) in [7, 11) is 0. The Morgan fingerprint density at radius 2 is 1.14 bits per heavy atom. The molecule has 5 heteroatoms. The van der Waals surface area contributed by atoms with Gasteiger partial charge in [0, 0.05) is 63.2 Å². The van der Waals surface area contributed by atoms with E-state index in [0.717, 1.165) is 39.4 Å². The fourth-order valence-corrected chi connectivity index (χ4v) is 9.03. The van der Waals surface area contributed by atoms with Gasteiger partial charge < -0.3 is 14.5 Å². The van der Waals surface area contributed by atoms with Gasteiger partial charge in [-0.15, -0.1) is 0 Å². The Kier molecular flexibility index (Phi) is 10.6. The summed E-state index contributed by atoms with van der Waals surface area (Å²) in [6, 6.07) is 54.6. The van der Waals surface area contributed by atoms with Crippen molar-refractivity contribution in [3.05, 3.63) is 192 Å². The molecular formula is C59H62N4O. The standard InChI is InChI=1S/C59H62N4O/c1-56(2,3)44-32-45(57(4,5)6)34-47(33-44)62-39-61(38-54(62)58(7,8)9)46-23-18-24-48(36-46)64-49-26-27-50-51-31-41(40-19-14-12-15-20-40)25-28-52(51)63(53(50)37-49)55-35-43(29-30-60-55)59(10,11)42-21-16-13-17-22-42/h12-38H,39H2,1-11H3. The van der Waals surface area contributed by atoms with Crippen molar-refractivity contribution >= 4 is 33.2 Å². The fraction of sp³-hybridized carbons (Fsp3) is 0.271. The minimum absolute atomic E-state index is 0.0228. The quantitative estimate of drug-likeness (QED) is 0.153. The van der Waals surface area contributed by atoms with E-state index >= 15 is 0 Å². The topological polar surface area (TPSA) is 33.5 Å². The Balaban J connectivity index is 1.10. The molecule has 0 radical (unpaired) electrons.